The Balaban J connectivity index is 1.58. The number of carbonyl (C=O) groups excluding carboxylic acids is 1. The number of allylic oxidation sites excluding steroid dienone is 5. The predicted octanol–water partition coefficient (Wildman–Crippen LogP) is 4.12. The number of nitrogens with zero attached hydrogens (tertiary/aromatic N) is 1. The summed E-state index contributed by atoms with van der Waals surface area (Å²) in [4.78, 5) is 26.3. The molecule has 1 fully saturated rings. The highest BCUT2D eigenvalue weighted by molar-refractivity contribution is 6.08. The van der Waals surface area contributed by atoms with Crippen LogP contribution in [0.3, 0.4) is 0 Å². The molecule has 0 radical (unpaired) electrons. The molecule has 0 spiro atoms. The number of aromatic carboxylic acids is 1. The number of benzene rings is 2. The number of rotatable bonds is 3. The highest BCUT2D eigenvalue weighted by Crippen LogP contribution is 2.42. The van der Waals surface area contributed by atoms with Gasteiger partial charge in [0.2, 0.25) is 0 Å². The quantitative estimate of drug-likeness (QED) is 0.667. The van der Waals surface area contributed by atoms with Gasteiger partial charge in [-0.15, -0.1) is 0 Å². The molecule has 0 bridgehead atoms. The van der Waals surface area contributed by atoms with E-state index in [1.54, 1.807) is 23.1 Å². The molecule has 0 unspecified atom stereocenters. The van der Waals surface area contributed by atoms with E-state index in [-0.39, 0.29) is 11.6 Å². The molecule has 1 saturated heterocycles. The second-order valence-electron chi connectivity index (χ2n) is 8.18. The third kappa shape index (κ3) is 3.99. The number of urea groups is 1. The highest BCUT2D eigenvalue weighted by atomic mass is 16.5. The van der Waals surface area contributed by atoms with Crippen LogP contribution in [0.5, 0.6) is 0 Å². The van der Waals surface area contributed by atoms with Gasteiger partial charge in [0.05, 0.1) is 24.5 Å². The lowest BCUT2D eigenvalue weighted by Crippen LogP contribution is -2.43. The molecular weight excluding hydrogens is 418 g/mol. The van der Waals surface area contributed by atoms with Gasteiger partial charge >= 0.3 is 12.0 Å². The fourth-order valence-corrected chi connectivity index (χ4v) is 4.54. The lowest BCUT2D eigenvalue weighted by molar-refractivity contribution is 0.0564. The van der Waals surface area contributed by atoms with E-state index in [1.807, 2.05) is 42.5 Å². The maximum atomic E-state index is 12.6. The van der Waals surface area contributed by atoms with Crippen molar-refractivity contribution in [2.75, 3.05) is 31.6 Å². The molecule has 1 heterocycles. The summed E-state index contributed by atoms with van der Waals surface area (Å²) in [6.07, 6.45) is 6.03. The number of anilines is 1. The Labute approximate surface area is 191 Å². The molecule has 33 heavy (non-hydrogen) atoms. The van der Waals surface area contributed by atoms with Crippen molar-refractivity contribution in [1.29, 1.82) is 5.41 Å². The molecule has 2 aliphatic carbocycles. The maximum Gasteiger partial charge on any atom is 0.336 e. The van der Waals surface area contributed by atoms with Crippen molar-refractivity contribution in [1.82, 2.24) is 4.90 Å². The molecule has 2 amide bonds. The zero-order valence-corrected chi connectivity index (χ0v) is 17.9. The van der Waals surface area contributed by atoms with Crippen molar-refractivity contribution in [3.63, 3.8) is 0 Å². The number of morpholine rings is 1. The predicted molar refractivity (Wildman–Crippen MR) is 126 cm³/mol. The molecule has 166 valence electrons. The van der Waals surface area contributed by atoms with Crippen molar-refractivity contribution in [3.8, 4) is 0 Å². The van der Waals surface area contributed by atoms with Crippen LogP contribution in [-0.4, -0.2) is 54.0 Å². The van der Waals surface area contributed by atoms with Crippen LogP contribution >= 0.6 is 0 Å². The maximum absolute atomic E-state index is 12.6. The summed E-state index contributed by atoms with van der Waals surface area (Å²) in [5.74, 6) is -0.988. The number of nitrogens with one attached hydrogen (secondary N) is 2. The van der Waals surface area contributed by atoms with E-state index >= 15 is 0 Å². The lowest BCUT2D eigenvalue weighted by atomic mass is 9.76. The molecule has 2 aromatic rings. The van der Waals surface area contributed by atoms with Gasteiger partial charge in [-0.1, -0.05) is 30.3 Å². The van der Waals surface area contributed by atoms with E-state index in [0.717, 1.165) is 27.8 Å². The number of hydrogen-bond acceptors (Lipinski definition) is 4. The van der Waals surface area contributed by atoms with E-state index in [4.69, 9.17) is 10.1 Å². The molecule has 0 saturated carbocycles. The first kappa shape index (κ1) is 20.9. The van der Waals surface area contributed by atoms with E-state index in [1.165, 1.54) is 0 Å². The van der Waals surface area contributed by atoms with Gasteiger partial charge in [0.15, 0.2) is 0 Å². The molecular formula is C26H23N3O4. The fraction of sp³-hybridized carbons (Fsp3) is 0.192. The molecule has 0 aromatic heterocycles. The van der Waals surface area contributed by atoms with Gasteiger partial charge in [-0.3, -0.25) is 0 Å². The van der Waals surface area contributed by atoms with E-state index in [0.29, 0.717) is 49.7 Å². The first-order valence-electron chi connectivity index (χ1n) is 10.8. The van der Waals surface area contributed by atoms with Gasteiger partial charge in [-0.05, 0) is 70.2 Å². The Morgan fingerprint density at radius 1 is 1.03 bits per heavy atom. The topological polar surface area (TPSA) is 103 Å². The van der Waals surface area contributed by atoms with Gasteiger partial charge in [-0.25, -0.2) is 9.59 Å². The smallest absolute Gasteiger partial charge is 0.336 e. The van der Waals surface area contributed by atoms with Gasteiger partial charge in [-0.2, -0.15) is 0 Å². The molecule has 3 N–H and O–H groups in total. The van der Waals surface area contributed by atoms with Crippen LogP contribution < -0.4 is 5.32 Å². The second kappa shape index (κ2) is 8.52. The van der Waals surface area contributed by atoms with Crippen LogP contribution in [0.4, 0.5) is 10.5 Å². The summed E-state index contributed by atoms with van der Waals surface area (Å²) in [6.45, 7) is 2.18. The highest BCUT2D eigenvalue weighted by Gasteiger charge is 2.27. The monoisotopic (exact) mass is 441 g/mol. The van der Waals surface area contributed by atoms with E-state index in [9.17, 15) is 14.7 Å². The molecule has 7 nitrogen and oxygen atoms in total. The minimum Gasteiger partial charge on any atom is -0.478 e. The number of carboxylic acids is 1. The van der Waals surface area contributed by atoms with Crippen LogP contribution in [0.15, 0.2) is 71.8 Å². The Morgan fingerprint density at radius 3 is 2.61 bits per heavy atom. The van der Waals surface area contributed by atoms with Crippen molar-refractivity contribution >= 4 is 29.0 Å². The summed E-state index contributed by atoms with van der Waals surface area (Å²) in [5, 5.41) is 20.8. The number of amides is 2. The van der Waals surface area contributed by atoms with Crippen LogP contribution in [0, 0.1) is 5.41 Å². The van der Waals surface area contributed by atoms with Crippen LogP contribution in [0.25, 0.3) is 5.57 Å². The van der Waals surface area contributed by atoms with Crippen molar-refractivity contribution in [2.45, 2.75) is 6.42 Å². The minimum absolute atomic E-state index is 0.164. The molecule has 0 atom stereocenters. The zero-order valence-electron chi connectivity index (χ0n) is 17.9. The second-order valence-corrected chi connectivity index (χ2v) is 8.18. The minimum atomic E-state index is -0.988. The van der Waals surface area contributed by atoms with Gasteiger partial charge in [0.1, 0.15) is 0 Å². The number of carbonyl (C=O) groups is 2. The number of fused-ring (bicyclic) bond motifs is 2. The van der Waals surface area contributed by atoms with Crippen LogP contribution in [-0.2, 0) is 11.2 Å². The third-order valence-corrected chi connectivity index (χ3v) is 6.11. The standard InChI is InChI=1S/C26H23N3O4/c27-18-5-7-20-16(14-18)13-17-15-19(28-26(32)29-9-11-33-12-10-29)6-8-21(17)24(20)22-3-1-2-4-23(22)25(30)31/h1-8,14-15,27H,9-13H2,(H,28,32)(H,30,31). The summed E-state index contributed by atoms with van der Waals surface area (Å²) in [5.41, 5.74) is 6.57. The Bertz CT molecular complexity index is 1270. The molecule has 2 aromatic carbocycles. The Hall–Kier alpha value is -3.97. The first-order valence-corrected chi connectivity index (χ1v) is 10.8. The van der Waals surface area contributed by atoms with Crippen LogP contribution in [0.1, 0.15) is 27.0 Å². The summed E-state index contributed by atoms with van der Waals surface area (Å²) in [7, 11) is 0. The van der Waals surface area contributed by atoms with E-state index < -0.39 is 5.97 Å². The Morgan fingerprint density at radius 2 is 1.82 bits per heavy atom. The van der Waals surface area contributed by atoms with Crippen molar-refractivity contribution in [2.24, 2.45) is 0 Å². The fourth-order valence-electron chi connectivity index (χ4n) is 4.54. The number of carboxylic acid groups (broad SMARTS) is 1. The summed E-state index contributed by atoms with van der Waals surface area (Å²) in [6, 6.07) is 12.5. The van der Waals surface area contributed by atoms with Crippen molar-refractivity contribution < 1.29 is 19.4 Å². The van der Waals surface area contributed by atoms with Crippen LogP contribution in [0.2, 0.25) is 0 Å². The van der Waals surface area contributed by atoms with E-state index in [2.05, 4.69) is 5.32 Å². The molecule has 5 rings (SSSR count). The SMILES string of the molecule is N=C1C=CC2=C(c3ccccc3C(=O)O)c3ccc(NC(=O)N4CCOCC4)cc3CC2=C1. The number of hydrogen-bond donors (Lipinski definition) is 3. The van der Waals surface area contributed by atoms with Gasteiger partial charge < -0.3 is 25.5 Å². The zero-order chi connectivity index (χ0) is 22.9. The summed E-state index contributed by atoms with van der Waals surface area (Å²) < 4.78 is 5.32. The first-order chi connectivity index (χ1) is 16.0. The molecule has 7 heteroatoms. The summed E-state index contributed by atoms with van der Waals surface area (Å²) >= 11 is 0. The lowest BCUT2D eigenvalue weighted by Gasteiger charge is -2.29. The average molecular weight is 441 g/mol. The third-order valence-electron chi connectivity index (χ3n) is 6.11. The van der Waals surface area contributed by atoms with Crippen molar-refractivity contribution in [3.05, 3.63) is 94.1 Å². The largest absolute Gasteiger partial charge is 0.478 e. The van der Waals surface area contributed by atoms with Gasteiger partial charge in [0, 0.05) is 18.8 Å². The number of ether oxygens (including phenoxy) is 1. The Kier molecular flexibility index (Phi) is 5.40. The molecule has 1 aliphatic heterocycles. The molecule has 3 aliphatic rings. The average Bonchev–Trinajstić information content (AvgIpc) is 2.83. The van der Waals surface area contributed by atoms with Gasteiger partial charge in [0.25, 0.3) is 0 Å². The normalized spacial score (nSPS) is 17.3.